The molecular weight excluding hydrogens is 376 g/mol. The summed E-state index contributed by atoms with van der Waals surface area (Å²) in [5.74, 6) is -2.03. The number of hydrogen-bond acceptors (Lipinski definition) is 3. The largest absolute Gasteiger partial charge is 0.366 e. The number of hydrogen-bond donors (Lipinski definition) is 2. The van der Waals surface area contributed by atoms with E-state index in [1.165, 1.54) is 12.1 Å². The summed E-state index contributed by atoms with van der Waals surface area (Å²) < 4.78 is 26.0. The minimum absolute atomic E-state index is 0.0276. The number of primary amides is 1. The van der Waals surface area contributed by atoms with Crippen LogP contribution in [0.1, 0.15) is 21.5 Å². The van der Waals surface area contributed by atoms with Gasteiger partial charge in [-0.3, -0.25) is 14.6 Å². The fourth-order valence-electron chi connectivity index (χ4n) is 2.19. The van der Waals surface area contributed by atoms with E-state index < -0.39 is 17.5 Å². The summed E-state index contributed by atoms with van der Waals surface area (Å²) in [4.78, 5) is 25.8. The third kappa shape index (κ3) is 7.72. The molecule has 0 saturated heterocycles. The lowest BCUT2D eigenvalue weighted by Crippen LogP contribution is -2.23. The van der Waals surface area contributed by atoms with Gasteiger partial charge in [0.15, 0.2) is 0 Å². The highest BCUT2D eigenvalue weighted by atomic mass is 19.1. The second-order valence-corrected chi connectivity index (χ2v) is 5.80. The predicted molar refractivity (Wildman–Crippen MR) is 106 cm³/mol. The molecule has 3 aromatic rings. The molecule has 7 heteroatoms. The molecule has 0 unspecified atom stereocenters. The van der Waals surface area contributed by atoms with E-state index >= 15 is 0 Å². The van der Waals surface area contributed by atoms with Crippen LogP contribution in [0.5, 0.6) is 0 Å². The van der Waals surface area contributed by atoms with Gasteiger partial charge in [-0.25, -0.2) is 8.78 Å². The van der Waals surface area contributed by atoms with E-state index in [-0.39, 0.29) is 18.0 Å². The third-order valence-electron chi connectivity index (χ3n) is 3.64. The van der Waals surface area contributed by atoms with Crippen molar-refractivity contribution in [1.82, 2.24) is 10.3 Å². The second kappa shape index (κ2) is 11.1. The molecule has 0 aliphatic rings. The van der Waals surface area contributed by atoms with Crippen LogP contribution in [-0.2, 0) is 11.3 Å². The molecule has 0 aliphatic heterocycles. The van der Waals surface area contributed by atoms with Crippen molar-refractivity contribution in [3.05, 3.63) is 107 Å². The molecule has 2 amide bonds. The number of rotatable bonds is 5. The maximum Gasteiger partial charge on any atom is 0.251 e. The zero-order valence-electron chi connectivity index (χ0n) is 15.4. The van der Waals surface area contributed by atoms with Crippen LogP contribution in [0.4, 0.5) is 8.78 Å². The Balaban J connectivity index is 0.000000234. The lowest BCUT2D eigenvalue weighted by Gasteiger charge is -2.06. The first-order valence-electron chi connectivity index (χ1n) is 8.60. The van der Waals surface area contributed by atoms with Crippen molar-refractivity contribution in [3.63, 3.8) is 0 Å². The zero-order valence-corrected chi connectivity index (χ0v) is 15.4. The average Bonchev–Trinajstić information content (AvgIpc) is 2.73. The average molecular weight is 395 g/mol. The number of nitrogens with one attached hydrogen (secondary N) is 1. The van der Waals surface area contributed by atoms with Gasteiger partial charge in [-0.2, -0.15) is 0 Å². The molecule has 0 saturated carbocycles. The second-order valence-electron chi connectivity index (χ2n) is 5.80. The van der Waals surface area contributed by atoms with Crippen LogP contribution in [0.3, 0.4) is 0 Å². The molecule has 148 valence electrons. The molecule has 0 spiro atoms. The molecule has 5 nitrogen and oxygen atoms in total. The number of nitrogens with zero attached hydrogens (tertiary/aromatic N) is 1. The van der Waals surface area contributed by atoms with Gasteiger partial charge in [-0.1, -0.05) is 24.3 Å². The lowest BCUT2D eigenvalue weighted by molar-refractivity contribution is -0.113. The fraction of sp³-hybridized carbons (Fsp3) is 0.0455. The molecule has 1 aromatic heterocycles. The van der Waals surface area contributed by atoms with Gasteiger partial charge in [0.2, 0.25) is 5.91 Å². The van der Waals surface area contributed by atoms with Crippen molar-refractivity contribution in [3.8, 4) is 0 Å². The Kier molecular flexibility index (Phi) is 8.19. The summed E-state index contributed by atoms with van der Waals surface area (Å²) in [5.41, 5.74) is 6.57. The molecule has 0 fully saturated rings. The summed E-state index contributed by atoms with van der Waals surface area (Å²) in [5, 5.41) is 2.57. The summed E-state index contributed by atoms with van der Waals surface area (Å²) >= 11 is 0. The number of amides is 2. The van der Waals surface area contributed by atoms with E-state index in [0.29, 0.717) is 5.56 Å². The normalized spacial score (nSPS) is 10.1. The van der Waals surface area contributed by atoms with E-state index in [0.717, 1.165) is 17.7 Å². The minimum Gasteiger partial charge on any atom is -0.366 e. The van der Waals surface area contributed by atoms with Crippen LogP contribution >= 0.6 is 0 Å². The Morgan fingerprint density at radius 1 is 1.00 bits per heavy atom. The summed E-state index contributed by atoms with van der Waals surface area (Å²) in [6, 6.07) is 15.5. The first-order chi connectivity index (χ1) is 14.0. The Morgan fingerprint density at radius 2 is 1.69 bits per heavy atom. The van der Waals surface area contributed by atoms with E-state index in [1.807, 2.05) is 0 Å². The Hall–Kier alpha value is -3.87. The molecule has 2 aromatic carbocycles. The van der Waals surface area contributed by atoms with Crippen LogP contribution in [-0.4, -0.2) is 16.8 Å². The van der Waals surface area contributed by atoms with Gasteiger partial charge in [-0.05, 0) is 42.0 Å². The Bertz CT molecular complexity index is 978. The summed E-state index contributed by atoms with van der Waals surface area (Å²) in [7, 11) is 0. The smallest absolute Gasteiger partial charge is 0.251 e. The molecule has 1 heterocycles. The quantitative estimate of drug-likeness (QED) is 0.649. The SMILES string of the molecule is NC(=O)/C=C/c1ccncc1.O=C(NCc1ccc(F)cc1F)c1ccccc1. The predicted octanol–water partition coefficient (Wildman–Crippen LogP) is 3.47. The topological polar surface area (TPSA) is 85.1 Å². The zero-order chi connectivity index (χ0) is 21.1. The first kappa shape index (κ1) is 21.4. The van der Waals surface area contributed by atoms with Gasteiger partial charge in [-0.15, -0.1) is 0 Å². The van der Waals surface area contributed by atoms with Gasteiger partial charge in [0.1, 0.15) is 11.6 Å². The highest BCUT2D eigenvalue weighted by molar-refractivity contribution is 5.94. The van der Waals surface area contributed by atoms with E-state index in [4.69, 9.17) is 5.73 Å². The van der Waals surface area contributed by atoms with Crippen LogP contribution in [0, 0.1) is 11.6 Å². The van der Waals surface area contributed by atoms with Crippen molar-refractivity contribution in [1.29, 1.82) is 0 Å². The fourth-order valence-corrected chi connectivity index (χ4v) is 2.19. The number of benzene rings is 2. The monoisotopic (exact) mass is 395 g/mol. The van der Waals surface area contributed by atoms with Crippen molar-refractivity contribution in [2.75, 3.05) is 0 Å². The maximum absolute atomic E-state index is 13.3. The molecular formula is C22H19F2N3O2. The highest BCUT2D eigenvalue weighted by Crippen LogP contribution is 2.09. The van der Waals surface area contributed by atoms with Crippen molar-refractivity contribution < 1.29 is 18.4 Å². The molecule has 3 rings (SSSR count). The van der Waals surface area contributed by atoms with E-state index in [9.17, 15) is 18.4 Å². The molecule has 0 radical (unpaired) electrons. The van der Waals surface area contributed by atoms with Crippen molar-refractivity contribution in [2.24, 2.45) is 5.73 Å². The summed E-state index contributed by atoms with van der Waals surface area (Å²) in [6.45, 7) is 0.0276. The third-order valence-corrected chi connectivity index (χ3v) is 3.64. The number of pyridine rings is 1. The number of halogens is 2. The first-order valence-corrected chi connectivity index (χ1v) is 8.60. The number of carbonyl (C=O) groups is 2. The van der Waals surface area contributed by atoms with Crippen LogP contribution in [0.2, 0.25) is 0 Å². The standard InChI is InChI=1S/C14H11F2NO.C8H8N2O/c15-12-7-6-11(13(16)8-12)9-17-14(18)10-4-2-1-3-5-10;9-8(11)2-1-7-3-5-10-6-4-7/h1-8H,9H2,(H,17,18);1-6H,(H2,9,11)/b;2-1+. The number of aromatic nitrogens is 1. The minimum atomic E-state index is -0.664. The van der Waals surface area contributed by atoms with E-state index in [1.54, 1.807) is 60.9 Å². The number of carbonyl (C=O) groups excluding carboxylic acids is 2. The van der Waals surface area contributed by atoms with Crippen LogP contribution in [0.15, 0.2) is 79.1 Å². The van der Waals surface area contributed by atoms with Gasteiger partial charge in [0.05, 0.1) is 0 Å². The maximum atomic E-state index is 13.3. The lowest BCUT2D eigenvalue weighted by atomic mass is 10.2. The Morgan fingerprint density at radius 3 is 2.31 bits per heavy atom. The van der Waals surface area contributed by atoms with Crippen LogP contribution < -0.4 is 11.1 Å². The molecule has 0 bridgehead atoms. The molecule has 29 heavy (non-hydrogen) atoms. The van der Waals surface area contributed by atoms with E-state index in [2.05, 4.69) is 10.3 Å². The molecule has 3 N–H and O–H groups in total. The van der Waals surface area contributed by atoms with Crippen LogP contribution in [0.25, 0.3) is 6.08 Å². The van der Waals surface area contributed by atoms with Crippen molar-refractivity contribution >= 4 is 17.9 Å². The molecule has 0 atom stereocenters. The number of nitrogens with two attached hydrogens (primary N) is 1. The van der Waals surface area contributed by atoms with Crippen molar-refractivity contribution in [2.45, 2.75) is 6.54 Å². The van der Waals surface area contributed by atoms with Gasteiger partial charge in [0.25, 0.3) is 5.91 Å². The van der Waals surface area contributed by atoms with Gasteiger partial charge in [0, 0.05) is 42.2 Å². The van der Waals surface area contributed by atoms with Gasteiger partial charge < -0.3 is 11.1 Å². The molecule has 0 aliphatic carbocycles. The van der Waals surface area contributed by atoms with Gasteiger partial charge >= 0.3 is 0 Å². The summed E-state index contributed by atoms with van der Waals surface area (Å²) in [6.07, 6.45) is 6.26. The Labute approximate surface area is 166 Å². The highest BCUT2D eigenvalue weighted by Gasteiger charge is 2.07.